The van der Waals surface area contributed by atoms with Crippen LogP contribution in [0, 0.1) is 6.92 Å². The molecule has 2 bridgehead atoms. The lowest BCUT2D eigenvalue weighted by atomic mass is 10.1. The molecule has 5 aromatic rings. The number of ether oxygens (including phenoxy) is 3. The fraction of sp³-hybridized carbons (Fsp3) is 0.312. The van der Waals surface area contributed by atoms with Crippen LogP contribution in [0.4, 0.5) is 5.69 Å². The first-order valence-electron chi connectivity index (χ1n) is 14.1. The third-order valence-electron chi connectivity index (χ3n) is 7.29. The second-order valence-electron chi connectivity index (χ2n) is 10.1. The van der Waals surface area contributed by atoms with Gasteiger partial charge in [-0.1, -0.05) is 18.2 Å². The summed E-state index contributed by atoms with van der Waals surface area (Å²) in [5, 5.41) is 4.86. The van der Waals surface area contributed by atoms with E-state index in [-0.39, 0.29) is 0 Å². The zero-order chi connectivity index (χ0) is 28.2. The molecule has 1 aromatic carbocycles. The number of hydrogen-bond donors (Lipinski definition) is 0. The number of benzene rings is 1. The second-order valence-corrected chi connectivity index (χ2v) is 10.1. The van der Waals surface area contributed by atoms with Crippen molar-refractivity contribution in [1.82, 2.24) is 24.7 Å². The van der Waals surface area contributed by atoms with E-state index in [4.69, 9.17) is 24.3 Å². The van der Waals surface area contributed by atoms with E-state index in [1.807, 2.05) is 41.9 Å². The zero-order valence-corrected chi connectivity index (χ0v) is 23.7. The van der Waals surface area contributed by atoms with Gasteiger partial charge in [0.05, 0.1) is 43.0 Å². The van der Waals surface area contributed by atoms with Gasteiger partial charge in [-0.2, -0.15) is 5.10 Å². The zero-order valence-electron chi connectivity index (χ0n) is 23.7. The highest BCUT2D eigenvalue weighted by atomic mass is 16.5. The minimum atomic E-state index is 0.536. The smallest absolute Gasteiger partial charge is 0.222 e. The van der Waals surface area contributed by atoms with Crippen LogP contribution in [0.25, 0.3) is 22.3 Å². The van der Waals surface area contributed by atoms with Gasteiger partial charge in [-0.05, 0) is 68.7 Å². The molecule has 0 saturated carbocycles. The van der Waals surface area contributed by atoms with E-state index in [2.05, 4.69) is 46.1 Å². The standard InChI is InChI=1S/C32H34N6O3/c1-4-38-30-28-19-27(35-29(30)22(2)36-38)26-10-8-16-34-32(26)41-18-6-5-17-40-31-24(9-7-15-33-31)21-37(28)20-23-11-13-25(39-3)14-12-23/h7-16,19H,4-6,17-18,20-21H2,1-3H3. The van der Waals surface area contributed by atoms with Gasteiger partial charge in [-0.25, -0.2) is 15.0 Å². The average molecular weight is 551 g/mol. The Morgan fingerprint density at radius 3 is 2.41 bits per heavy atom. The quantitative estimate of drug-likeness (QED) is 0.270. The van der Waals surface area contributed by atoms with Gasteiger partial charge in [-0.15, -0.1) is 0 Å². The summed E-state index contributed by atoms with van der Waals surface area (Å²) in [6, 6.07) is 18.3. The van der Waals surface area contributed by atoms with E-state index in [0.717, 1.165) is 69.9 Å². The summed E-state index contributed by atoms with van der Waals surface area (Å²) in [7, 11) is 1.68. The predicted octanol–water partition coefficient (Wildman–Crippen LogP) is 5.98. The molecule has 41 heavy (non-hydrogen) atoms. The summed E-state index contributed by atoms with van der Waals surface area (Å²) in [6.07, 6.45) is 5.22. The predicted molar refractivity (Wildman–Crippen MR) is 159 cm³/mol. The Morgan fingerprint density at radius 2 is 1.66 bits per heavy atom. The first kappa shape index (κ1) is 26.6. The van der Waals surface area contributed by atoms with Gasteiger partial charge < -0.3 is 19.1 Å². The van der Waals surface area contributed by atoms with Gasteiger partial charge in [0.2, 0.25) is 11.8 Å². The molecule has 5 heterocycles. The van der Waals surface area contributed by atoms with Crippen molar-refractivity contribution in [3.8, 4) is 28.8 Å². The van der Waals surface area contributed by atoms with Crippen LogP contribution in [0.15, 0.2) is 67.0 Å². The third kappa shape index (κ3) is 5.52. The summed E-state index contributed by atoms with van der Waals surface area (Å²) in [5.41, 5.74) is 7.56. The fourth-order valence-electron chi connectivity index (χ4n) is 5.22. The number of methoxy groups -OCH3 is 1. The Kier molecular flexibility index (Phi) is 7.67. The van der Waals surface area contributed by atoms with Crippen LogP contribution in [-0.2, 0) is 19.6 Å². The van der Waals surface area contributed by atoms with Crippen molar-refractivity contribution in [3.63, 3.8) is 0 Å². The molecule has 6 rings (SSSR count). The summed E-state index contributed by atoms with van der Waals surface area (Å²) in [6.45, 7) is 7.15. The Morgan fingerprint density at radius 1 is 0.927 bits per heavy atom. The normalized spacial score (nSPS) is 13.8. The van der Waals surface area contributed by atoms with E-state index in [9.17, 15) is 0 Å². The van der Waals surface area contributed by atoms with Crippen molar-refractivity contribution in [1.29, 1.82) is 0 Å². The van der Waals surface area contributed by atoms with Crippen LogP contribution in [0.1, 0.15) is 36.6 Å². The minimum Gasteiger partial charge on any atom is -0.497 e. The lowest BCUT2D eigenvalue weighted by Crippen LogP contribution is -2.24. The number of pyridine rings is 3. The lowest BCUT2D eigenvalue weighted by Gasteiger charge is -2.27. The van der Waals surface area contributed by atoms with E-state index < -0.39 is 0 Å². The molecule has 0 unspecified atom stereocenters. The second kappa shape index (κ2) is 11.8. The first-order chi connectivity index (χ1) is 20.1. The molecule has 0 amide bonds. The molecule has 210 valence electrons. The van der Waals surface area contributed by atoms with E-state index >= 15 is 0 Å². The Hall–Kier alpha value is -4.66. The van der Waals surface area contributed by atoms with Crippen LogP contribution >= 0.6 is 0 Å². The summed E-state index contributed by atoms with van der Waals surface area (Å²) in [4.78, 5) is 16.6. The van der Waals surface area contributed by atoms with Crippen LogP contribution < -0.4 is 19.1 Å². The van der Waals surface area contributed by atoms with Gasteiger partial charge in [0.15, 0.2) is 0 Å². The van der Waals surface area contributed by atoms with Crippen molar-refractivity contribution < 1.29 is 14.2 Å². The van der Waals surface area contributed by atoms with Crippen molar-refractivity contribution in [2.24, 2.45) is 0 Å². The molecule has 0 fully saturated rings. The van der Waals surface area contributed by atoms with Crippen molar-refractivity contribution in [3.05, 3.63) is 83.8 Å². The van der Waals surface area contributed by atoms with E-state index in [1.54, 1.807) is 19.5 Å². The summed E-state index contributed by atoms with van der Waals surface area (Å²) in [5.74, 6) is 2.05. The Balaban J connectivity index is 1.58. The van der Waals surface area contributed by atoms with Gasteiger partial charge in [0, 0.05) is 37.6 Å². The van der Waals surface area contributed by atoms with Gasteiger partial charge in [0.25, 0.3) is 0 Å². The van der Waals surface area contributed by atoms with Gasteiger partial charge in [-0.3, -0.25) is 4.68 Å². The number of rotatable bonds is 4. The molecule has 9 nitrogen and oxygen atoms in total. The molecule has 0 saturated heterocycles. The number of hydrogen-bond acceptors (Lipinski definition) is 8. The lowest BCUT2D eigenvalue weighted by molar-refractivity contribution is 0.255. The highest BCUT2D eigenvalue weighted by molar-refractivity contribution is 5.93. The molecule has 0 atom stereocenters. The number of aryl methyl sites for hydroxylation is 2. The first-order valence-corrected chi connectivity index (χ1v) is 14.1. The van der Waals surface area contributed by atoms with Crippen molar-refractivity contribution in [2.75, 3.05) is 25.2 Å². The molecule has 1 aliphatic heterocycles. The molecule has 0 N–H and O–H groups in total. The molecular weight excluding hydrogens is 516 g/mol. The van der Waals surface area contributed by atoms with E-state index in [0.29, 0.717) is 38.1 Å². The van der Waals surface area contributed by atoms with Crippen LogP contribution in [0.3, 0.4) is 0 Å². The summed E-state index contributed by atoms with van der Waals surface area (Å²) < 4.78 is 19.8. The average Bonchev–Trinajstić information content (AvgIpc) is 3.34. The van der Waals surface area contributed by atoms with Crippen molar-refractivity contribution >= 4 is 16.7 Å². The third-order valence-corrected chi connectivity index (χ3v) is 7.29. The molecular formula is C32H34N6O3. The molecule has 0 aliphatic carbocycles. The van der Waals surface area contributed by atoms with Crippen LogP contribution in [0.5, 0.6) is 17.5 Å². The number of anilines is 1. The molecule has 0 spiro atoms. The maximum absolute atomic E-state index is 6.20. The largest absolute Gasteiger partial charge is 0.497 e. The fourth-order valence-corrected chi connectivity index (χ4v) is 5.22. The molecule has 0 radical (unpaired) electrons. The van der Waals surface area contributed by atoms with Crippen LogP contribution in [0.2, 0.25) is 0 Å². The monoisotopic (exact) mass is 550 g/mol. The number of aromatic nitrogens is 5. The highest BCUT2D eigenvalue weighted by Crippen LogP contribution is 2.37. The van der Waals surface area contributed by atoms with Crippen molar-refractivity contribution in [2.45, 2.75) is 46.3 Å². The Labute approximate surface area is 239 Å². The maximum Gasteiger partial charge on any atom is 0.222 e. The molecule has 1 aliphatic rings. The topological polar surface area (TPSA) is 87.4 Å². The van der Waals surface area contributed by atoms with Gasteiger partial charge in [0.1, 0.15) is 16.8 Å². The molecule has 4 aromatic heterocycles. The van der Waals surface area contributed by atoms with Gasteiger partial charge >= 0.3 is 0 Å². The van der Waals surface area contributed by atoms with Crippen LogP contribution in [-0.4, -0.2) is 45.1 Å². The minimum absolute atomic E-state index is 0.536. The highest BCUT2D eigenvalue weighted by Gasteiger charge is 2.23. The molecule has 9 heteroatoms. The van der Waals surface area contributed by atoms with E-state index in [1.165, 1.54) is 0 Å². The number of fused-ring (bicyclic) bond motifs is 7. The number of nitrogens with zero attached hydrogens (tertiary/aromatic N) is 6. The SMILES string of the molecule is CCn1nc(C)c2nc3cc(c21)N(Cc1ccc(OC)cc1)Cc1cccnc1OCCCCOc1ncccc1-3. The summed E-state index contributed by atoms with van der Waals surface area (Å²) >= 11 is 0. The Bertz CT molecular complexity index is 1650. The maximum atomic E-state index is 6.20.